The molecule has 1 aromatic rings. The van der Waals surface area contributed by atoms with Crippen molar-refractivity contribution in [1.29, 1.82) is 0 Å². The van der Waals surface area contributed by atoms with Crippen LogP contribution in [0.5, 0.6) is 0 Å². The van der Waals surface area contributed by atoms with Crippen molar-refractivity contribution >= 4 is 18.0 Å². The van der Waals surface area contributed by atoms with Crippen LogP contribution < -0.4 is 4.90 Å². The molecule has 0 N–H and O–H groups in total. The third-order valence-corrected chi connectivity index (χ3v) is 1.95. The van der Waals surface area contributed by atoms with Gasteiger partial charge in [0.25, 0.3) is 0 Å². The van der Waals surface area contributed by atoms with Crippen LogP contribution in [0.25, 0.3) is 6.08 Å². The Morgan fingerprint density at radius 2 is 1.86 bits per heavy atom. The van der Waals surface area contributed by atoms with Crippen LogP contribution >= 0.6 is 0 Å². The Morgan fingerprint density at radius 3 is 2.29 bits per heavy atom. The van der Waals surface area contributed by atoms with Gasteiger partial charge in [0.15, 0.2) is 0 Å². The summed E-state index contributed by atoms with van der Waals surface area (Å²) < 4.78 is 0. The van der Waals surface area contributed by atoms with Gasteiger partial charge in [-0.3, -0.25) is 4.79 Å². The van der Waals surface area contributed by atoms with Crippen molar-refractivity contribution in [3.05, 3.63) is 35.4 Å². The molecule has 2 heteroatoms. The SMILES string of the molecule is C/C([C]=O)=C\c1ccc(N(C)C)cc1. The van der Waals surface area contributed by atoms with Crippen molar-refractivity contribution < 1.29 is 4.79 Å². The van der Waals surface area contributed by atoms with Crippen LogP contribution in [0.3, 0.4) is 0 Å². The lowest BCUT2D eigenvalue weighted by atomic mass is 10.1. The first-order valence-electron chi connectivity index (χ1n) is 4.47. The largest absolute Gasteiger partial charge is 0.378 e. The first kappa shape index (κ1) is 10.5. The van der Waals surface area contributed by atoms with E-state index in [4.69, 9.17) is 0 Å². The fraction of sp³-hybridized carbons (Fsp3) is 0.250. The first-order chi connectivity index (χ1) is 6.63. The highest BCUT2D eigenvalue weighted by Crippen LogP contribution is 2.13. The van der Waals surface area contributed by atoms with Crippen molar-refractivity contribution in [3.8, 4) is 0 Å². The zero-order valence-electron chi connectivity index (χ0n) is 8.74. The van der Waals surface area contributed by atoms with E-state index in [2.05, 4.69) is 0 Å². The first-order valence-corrected chi connectivity index (χ1v) is 4.47. The predicted octanol–water partition coefficient (Wildman–Crippen LogP) is 2.27. The molecule has 1 aromatic carbocycles. The minimum atomic E-state index is 0.614. The fourth-order valence-electron chi connectivity index (χ4n) is 1.15. The zero-order chi connectivity index (χ0) is 10.6. The maximum absolute atomic E-state index is 10.3. The van der Waals surface area contributed by atoms with Crippen molar-refractivity contribution in [2.75, 3.05) is 19.0 Å². The summed E-state index contributed by atoms with van der Waals surface area (Å²) in [5.74, 6) is 0. The second-order valence-corrected chi connectivity index (χ2v) is 3.42. The van der Waals surface area contributed by atoms with Crippen LogP contribution in [0.15, 0.2) is 29.8 Å². The zero-order valence-corrected chi connectivity index (χ0v) is 8.74. The molecule has 0 atom stereocenters. The average molecular weight is 188 g/mol. The summed E-state index contributed by atoms with van der Waals surface area (Å²) in [6, 6.07) is 8.00. The second-order valence-electron chi connectivity index (χ2n) is 3.42. The average Bonchev–Trinajstić information content (AvgIpc) is 2.18. The highest BCUT2D eigenvalue weighted by Gasteiger charge is 1.94. The van der Waals surface area contributed by atoms with Crippen molar-refractivity contribution in [2.45, 2.75) is 6.92 Å². The lowest BCUT2D eigenvalue weighted by molar-refractivity contribution is 0.562. The standard InChI is InChI=1S/C12H14NO/c1-10(9-14)8-11-4-6-12(7-5-11)13(2)3/h4-8H,1-3H3/b10-8+. The van der Waals surface area contributed by atoms with Gasteiger partial charge >= 0.3 is 0 Å². The number of rotatable bonds is 3. The van der Waals surface area contributed by atoms with Crippen LogP contribution in [-0.2, 0) is 4.79 Å². The molecule has 0 fully saturated rings. The second kappa shape index (κ2) is 4.61. The van der Waals surface area contributed by atoms with Gasteiger partial charge in [-0.1, -0.05) is 12.1 Å². The molecular formula is C12H14NO. The summed E-state index contributed by atoms with van der Waals surface area (Å²) in [5.41, 5.74) is 2.79. The normalized spacial score (nSPS) is 11.2. The lowest BCUT2D eigenvalue weighted by Gasteiger charge is -2.11. The molecule has 2 nitrogen and oxygen atoms in total. The molecule has 0 aliphatic rings. The van der Waals surface area contributed by atoms with E-state index in [1.165, 1.54) is 0 Å². The van der Waals surface area contributed by atoms with Crippen molar-refractivity contribution in [2.24, 2.45) is 0 Å². The Balaban J connectivity index is 2.89. The molecule has 0 aromatic heterocycles. The van der Waals surface area contributed by atoms with Crippen LogP contribution in [-0.4, -0.2) is 20.4 Å². The molecule has 0 heterocycles. The summed E-state index contributed by atoms with van der Waals surface area (Å²) in [7, 11) is 3.99. The van der Waals surface area contributed by atoms with Gasteiger partial charge in [-0.2, -0.15) is 0 Å². The number of hydrogen-bond acceptors (Lipinski definition) is 2. The topological polar surface area (TPSA) is 20.3 Å². The molecule has 0 saturated carbocycles. The minimum Gasteiger partial charge on any atom is -0.378 e. The van der Waals surface area contributed by atoms with Gasteiger partial charge in [-0.25, -0.2) is 0 Å². The summed E-state index contributed by atoms with van der Waals surface area (Å²) in [6.45, 7) is 1.74. The lowest BCUT2D eigenvalue weighted by Crippen LogP contribution is -2.07. The number of allylic oxidation sites excluding steroid dienone is 1. The van der Waals surface area contributed by atoms with Gasteiger partial charge in [0.1, 0.15) is 0 Å². The molecule has 0 unspecified atom stereocenters. The van der Waals surface area contributed by atoms with Crippen LogP contribution in [0, 0.1) is 0 Å². The number of hydrogen-bond donors (Lipinski definition) is 0. The van der Waals surface area contributed by atoms with Crippen LogP contribution in [0.1, 0.15) is 12.5 Å². The summed E-state index contributed by atoms with van der Waals surface area (Å²) >= 11 is 0. The summed E-state index contributed by atoms with van der Waals surface area (Å²) in [4.78, 5) is 12.3. The number of carbonyl (C=O) groups excluding carboxylic acids is 1. The monoisotopic (exact) mass is 188 g/mol. The third kappa shape index (κ3) is 2.73. The van der Waals surface area contributed by atoms with E-state index in [0.717, 1.165) is 11.3 Å². The Hall–Kier alpha value is -1.57. The summed E-state index contributed by atoms with van der Waals surface area (Å²) in [6.07, 6.45) is 3.66. The molecule has 0 aliphatic heterocycles. The highest BCUT2D eigenvalue weighted by molar-refractivity contribution is 5.81. The quantitative estimate of drug-likeness (QED) is 0.678. The molecule has 0 aliphatic carbocycles. The van der Waals surface area contributed by atoms with Gasteiger partial charge in [0.2, 0.25) is 6.29 Å². The maximum Gasteiger partial charge on any atom is 0.228 e. The van der Waals surface area contributed by atoms with E-state index in [1.807, 2.05) is 55.6 Å². The van der Waals surface area contributed by atoms with E-state index < -0.39 is 0 Å². The summed E-state index contributed by atoms with van der Waals surface area (Å²) in [5, 5.41) is 0. The molecule has 0 bridgehead atoms. The smallest absolute Gasteiger partial charge is 0.228 e. The molecule has 14 heavy (non-hydrogen) atoms. The van der Waals surface area contributed by atoms with Gasteiger partial charge in [0.05, 0.1) is 0 Å². The van der Waals surface area contributed by atoms with Gasteiger partial charge in [-0.05, 0) is 30.7 Å². The molecule has 0 saturated heterocycles. The fourth-order valence-corrected chi connectivity index (χ4v) is 1.15. The molecular weight excluding hydrogens is 174 g/mol. The Labute approximate surface area is 84.9 Å². The van der Waals surface area contributed by atoms with Crippen molar-refractivity contribution in [3.63, 3.8) is 0 Å². The number of anilines is 1. The minimum absolute atomic E-state index is 0.614. The Bertz CT molecular complexity index is 336. The van der Waals surface area contributed by atoms with E-state index in [0.29, 0.717) is 5.57 Å². The Kier molecular flexibility index (Phi) is 3.46. The molecule has 0 amide bonds. The molecule has 73 valence electrons. The van der Waals surface area contributed by atoms with Gasteiger partial charge in [0, 0.05) is 25.4 Å². The third-order valence-electron chi connectivity index (χ3n) is 1.95. The Morgan fingerprint density at radius 1 is 1.29 bits per heavy atom. The molecule has 1 radical (unpaired) electrons. The number of nitrogens with zero attached hydrogens (tertiary/aromatic N) is 1. The van der Waals surface area contributed by atoms with Gasteiger partial charge < -0.3 is 4.90 Å². The van der Waals surface area contributed by atoms with E-state index >= 15 is 0 Å². The maximum atomic E-state index is 10.3. The van der Waals surface area contributed by atoms with Crippen LogP contribution in [0.2, 0.25) is 0 Å². The predicted molar refractivity (Wildman–Crippen MR) is 60.1 cm³/mol. The van der Waals surface area contributed by atoms with Crippen LogP contribution in [0.4, 0.5) is 5.69 Å². The van der Waals surface area contributed by atoms with Gasteiger partial charge in [-0.15, -0.1) is 0 Å². The van der Waals surface area contributed by atoms with E-state index in [9.17, 15) is 4.79 Å². The molecule has 0 spiro atoms. The van der Waals surface area contributed by atoms with E-state index in [-0.39, 0.29) is 0 Å². The number of benzene rings is 1. The van der Waals surface area contributed by atoms with E-state index in [1.54, 1.807) is 6.92 Å². The highest BCUT2D eigenvalue weighted by atomic mass is 16.1. The van der Waals surface area contributed by atoms with Crippen molar-refractivity contribution in [1.82, 2.24) is 0 Å². The molecule has 1 rings (SSSR count).